The molecule has 0 aliphatic heterocycles. The van der Waals surface area contributed by atoms with Gasteiger partial charge in [0.2, 0.25) is 5.91 Å². The van der Waals surface area contributed by atoms with E-state index in [4.69, 9.17) is 0 Å². The number of nitrogens with one attached hydrogen (secondary N) is 1. The van der Waals surface area contributed by atoms with Gasteiger partial charge in [-0.1, -0.05) is 25.3 Å². The minimum atomic E-state index is -0.476. The molecule has 2 aromatic rings. The lowest BCUT2D eigenvalue weighted by atomic mass is 9.94. The molecule has 2 aromatic heterocycles. The summed E-state index contributed by atoms with van der Waals surface area (Å²) in [5.74, 6) is -0.589. The van der Waals surface area contributed by atoms with Gasteiger partial charge in [-0.15, -0.1) is 0 Å². The van der Waals surface area contributed by atoms with Gasteiger partial charge in [0.25, 0.3) is 11.5 Å². The van der Waals surface area contributed by atoms with E-state index in [0.717, 1.165) is 25.7 Å². The number of carbonyl (C=O) groups is 2. The topological polar surface area (TPSA) is 84.3 Å². The van der Waals surface area contributed by atoms with E-state index in [1.54, 1.807) is 36.5 Å². The fourth-order valence-corrected chi connectivity index (χ4v) is 3.74. The molecule has 7 heteroatoms. The van der Waals surface area contributed by atoms with Gasteiger partial charge in [-0.3, -0.25) is 19.4 Å². The van der Waals surface area contributed by atoms with E-state index in [1.807, 2.05) is 19.1 Å². The van der Waals surface area contributed by atoms with Gasteiger partial charge >= 0.3 is 0 Å². The summed E-state index contributed by atoms with van der Waals surface area (Å²) >= 11 is 0. The van der Waals surface area contributed by atoms with E-state index in [1.165, 1.54) is 17.1 Å². The maximum absolute atomic E-state index is 12.8. The summed E-state index contributed by atoms with van der Waals surface area (Å²) in [7, 11) is 1.80. The van der Waals surface area contributed by atoms with E-state index < -0.39 is 11.5 Å². The summed E-state index contributed by atoms with van der Waals surface area (Å²) < 4.78 is 1.31. The molecule has 1 atom stereocenters. The Morgan fingerprint density at radius 2 is 1.97 bits per heavy atom. The van der Waals surface area contributed by atoms with Gasteiger partial charge in [-0.25, -0.2) is 0 Å². The number of rotatable bonds is 6. The molecule has 1 N–H and O–H groups in total. The second-order valence-corrected chi connectivity index (χ2v) is 7.60. The standard InChI is InChI=1S/C22H28N4O3/c1-16(19-12-6-7-13-23-19)24-21(28)18-11-8-14-26(22(18)29)15-20(27)25(2)17-9-4-3-5-10-17/h6-8,11-14,16-17H,3-5,9-10,15H2,1-2H3,(H,24,28)/t16-/m0/s1. The maximum atomic E-state index is 12.8. The van der Waals surface area contributed by atoms with Gasteiger partial charge in [0.05, 0.1) is 11.7 Å². The number of pyridine rings is 2. The van der Waals surface area contributed by atoms with E-state index in [-0.39, 0.29) is 30.1 Å². The summed E-state index contributed by atoms with van der Waals surface area (Å²) in [5, 5.41) is 2.80. The molecule has 1 saturated carbocycles. The summed E-state index contributed by atoms with van der Waals surface area (Å²) in [4.78, 5) is 44.0. The minimum Gasteiger partial charge on any atom is -0.344 e. The fourth-order valence-electron chi connectivity index (χ4n) is 3.74. The van der Waals surface area contributed by atoms with E-state index >= 15 is 0 Å². The largest absolute Gasteiger partial charge is 0.344 e. The Morgan fingerprint density at radius 1 is 1.21 bits per heavy atom. The maximum Gasteiger partial charge on any atom is 0.263 e. The van der Waals surface area contributed by atoms with Crippen LogP contribution in [-0.4, -0.2) is 39.4 Å². The van der Waals surface area contributed by atoms with Crippen LogP contribution in [0, 0.1) is 0 Å². The molecule has 7 nitrogen and oxygen atoms in total. The molecule has 0 bridgehead atoms. The number of hydrogen-bond acceptors (Lipinski definition) is 4. The van der Waals surface area contributed by atoms with E-state index in [0.29, 0.717) is 5.69 Å². The van der Waals surface area contributed by atoms with E-state index in [2.05, 4.69) is 10.3 Å². The molecule has 0 saturated heterocycles. The third kappa shape index (κ3) is 5.10. The quantitative estimate of drug-likeness (QED) is 0.813. The van der Waals surface area contributed by atoms with Crippen LogP contribution in [0.3, 0.4) is 0 Å². The Hall–Kier alpha value is -2.96. The van der Waals surface area contributed by atoms with Crippen LogP contribution in [0.1, 0.15) is 61.1 Å². The van der Waals surface area contributed by atoms with Crippen LogP contribution in [-0.2, 0) is 11.3 Å². The molecule has 0 unspecified atom stereocenters. The Bertz CT molecular complexity index is 904. The highest BCUT2D eigenvalue weighted by Crippen LogP contribution is 2.21. The van der Waals surface area contributed by atoms with Gasteiger partial charge in [0.15, 0.2) is 0 Å². The number of nitrogens with zero attached hydrogens (tertiary/aromatic N) is 3. The van der Waals surface area contributed by atoms with Crippen LogP contribution >= 0.6 is 0 Å². The van der Waals surface area contributed by atoms with Crippen LogP contribution in [0.25, 0.3) is 0 Å². The summed E-state index contributed by atoms with van der Waals surface area (Å²) in [5.41, 5.74) is 0.258. The lowest BCUT2D eigenvalue weighted by Gasteiger charge is -2.31. The molecule has 154 valence electrons. The van der Waals surface area contributed by atoms with Crippen LogP contribution in [0.4, 0.5) is 0 Å². The first kappa shape index (κ1) is 20.8. The Labute approximate surface area is 170 Å². The highest BCUT2D eigenvalue weighted by Gasteiger charge is 2.23. The third-order valence-electron chi connectivity index (χ3n) is 5.57. The molecule has 0 radical (unpaired) electrons. The molecule has 29 heavy (non-hydrogen) atoms. The SMILES string of the molecule is C[C@H](NC(=O)c1cccn(CC(=O)N(C)C2CCCCC2)c1=O)c1ccccn1. The van der Waals surface area contributed by atoms with Crippen molar-refractivity contribution in [1.29, 1.82) is 0 Å². The summed E-state index contributed by atoms with van der Waals surface area (Å²) in [6.45, 7) is 1.74. The van der Waals surface area contributed by atoms with Crippen molar-refractivity contribution in [2.75, 3.05) is 7.05 Å². The third-order valence-corrected chi connectivity index (χ3v) is 5.57. The average molecular weight is 396 g/mol. The van der Waals surface area contributed by atoms with Gasteiger partial charge in [-0.2, -0.15) is 0 Å². The molecular formula is C22H28N4O3. The van der Waals surface area contributed by atoms with Crippen LogP contribution < -0.4 is 10.9 Å². The predicted octanol–water partition coefficient (Wildman–Crippen LogP) is 2.53. The number of likely N-dealkylation sites (N-methyl/N-ethyl adjacent to an activating group) is 1. The number of aromatic nitrogens is 2. The monoisotopic (exact) mass is 396 g/mol. The predicted molar refractivity (Wildman–Crippen MR) is 110 cm³/mol. The van der Waals surface area contributed by atoms with Gasteiger partial charge in [0.1, 0.15) is 12.1 Å². The molecular weight excluding hydrogens is 368 g/mol. The Kier molecular flexibility index (Phi) is 6.80. The second kappa shape index (κ2) is 9.49. The fraction of sp³-hybridized carbons (Fsp3) is 0.455. The van der Waals surface area contributed by atoms with Crippen LogP contribution in [0.15, 0.2) is 47.5 Å². The van der Waals surface area contributed by atoms with Crippen molar-refractivity contribution in [2.45, 2.75) is 57.7 Å². The highest BCUT2D eigenvalue weighted by molar-refractivity contribution is 5.94. The van der Waals surface area contributed by atoms with Crippen molar-refractivity contribution in [3.63, 3.8) is 0 Å². The van der Waals surface area contributed by atoms with E-state index in [9.17, 15) is 14.4 Å². The Morgan fingerprint density at radius 3 is 2.66 bits per heavy atom. The molecule has 0 aromatic carbocycles. The Balaban J connectivity index is 1.69. The first-order chi connectivity index (χ1) is 14.0. The van der Waals surface area contributed by atoms with Crippen LogP contribution in [0.5, 0.6) is 0 Å². The molecule has 0 spiro atoms. The van der Waals surface area contributed by atoms with Crippen LogP contribution in [0.2, 0.25) is 0 Å². The lowest BCUT2D eigenvalue weighted by molar-refractivity contribution is -0.133. The number of amides is 2. The zero-order valence-electron chi connectivity index (χ0n) is 17.0. The zero-order valence-corrected chi connectivity index (χ0v) is 17.0. The smallest absolute Gasteiger partial charge is 0.263 e. The van der Waals surface area contributed by atoms with Gasteiger partial charge < -0.3 is 14.8 Å². The van der Waals surface area contributed by atoms with Crippen molar-refractivity contribution in [3.05, 3.63) is 64.3 Å². The van der Waals surface area contributed by atoms with Crippen molar-refractivity contribution >= 4 is 11.8 Å². The van der Waals surface area contributed by atoms with Crippen molar-refractivity contribution in [3.8, 4) is 0 Å². The van der Waals surface area contributed by atoms with Crippen molar-refractivity contribution < 1.29 is 9.59 Å². The van der Waals surface area contributed by atoms with Crippen molar-refractivity contribution in [1.82, 2.24) is 19.8 Å². The molecule has 2 heterocycles. The van der Waals surface area contributed by atoms with Gasteiger partial charge in [-0.05, 0) is 44.0 Å². The molecule has 1 fully saturated rings. The first-order valence-electron chi connectivity index (χ1n) is 10.1. The van der Waals surface area contributed by atoms with Crippen molar-refractivity contribution in [2.24, 2.45) is 0 Å². The number of carbonyl (C=O) groups excluding carboxylic acids is 2. The minimum absolute atomic E-state index is 0.0170. The zero-order chi connectivity index (χ0) is 20.8. The summed E-state index contributed by atoms with van der Waals surface area (Å²) in [6.07, 6.45) is 8.69. The summed E-state index contributed by atoms with van der Waals surface area (Å²) in [6, 6.07) is 8.45. The average Bonchev–Trinajstić information content (AvgIpc) is 2.75. The molecule has 2 amide bonds. The first-order valence-corrected chi connectivity index (χ1v) is 10.1. The molecule has 1 aliphatic rings. The van der Waals surface area contributed by atoms with Gasteiger partial charge in [0, 0.05) is 25.5 Å². The molecule has 3 rings (SSSR count). The second-order valence-electron chi connectivity index (χ2n) is 7.60. The normalized spacial score (nSPS) is 15.5. The highest BCUT2D eigenvalue weighted by atomic mass is 16.2. The molecule has 1 aliphatic carbocycles. The number of hydrogen-bond donors (Lipinski definition) is 1. The lowest BCUT2D eigenvalue weighted by Crippen LogP contribution is -2.42.